The van der Waals surface area contributed by atoms with Crippen molar-refractivity contribution in [3.05, 3.63) is 65.5 Å². The van der Waals surface area contributed by atoms with E-state index in [1.54, 1.807) is 19.2 Å². The van der Waals surface area contributed by atoms with Gasteiger partial charge < -0.3 is 20.3 Å². The molecule has 0 saturated carbocycles. The van der Waals surface area contributed by atoms with E-state index in [1.165, 1.54) is 17.3 Å². The molecule has 1 saturated heterocycles. The number of ether oxygens (including phenoxy) is 1. The second-order valence-corrected chi connectivity index (χ2v) is 7.94. The third-order valence-corrected chi connectivity index (χ3v) is 5.30. The predicted molar refractivity (Wildman–Crippen MR) is 133 cm³/mol. The first-order valence-electron chi connectivity index (χ1n) is 10.1. The van der Waals surface area contributed by atoms with Gasteiger partial charge >= 0.3 is 0 Å². The van der Waals surface area contributed by atoms with Crippen molar-refractivity contribution in [2.75, 3.05) is 44.8 Å². The van der Waals surface area contributed by atoms with Crippen LogP contribution in [0.1, 0.15) is 25.0 Å². The highest BCUT2D eigenvalue weighted by molar-refractivity contribution is 14.0. The molecule has 164 valence electrons. The Bertz CT molecular complexity index is 820. The Labute approximate surface area is 196 Å². The number of guanidine groups is 1. The van der Waals surface area contributed by atoms with Gasteiger partial charge in [-0.3, -0.25) is 4.99 Å². The molecule has 0 spiro atoms. The first-order chi connectivity index (χ1) is 14.0. The molecular weight excluding hydrogens is 494 g/mol. The standard InChI is InChI=1S/C23H31FN4O.HI/c1-23(2,19-5-4-6-20(24)15-19)17-27-22(25-3)26-16-18-7-9-21(10-8-18)28-11-13-29-14-12-28;/h4-10,15H,11-14,16-17H2,1-3H3,(H2,25,26,27);1H. The Hall–Kier alpha value is -1.87. The summed E-state index contributed by atoms with van der Waals surface area (Å²) in [5, 5.41) is 6.71. The van der Waals surface area contributed by atoms with Gasteiger partial charge in [-0.2, -0.15) is 0 Å². The van der Waals surface area contributed by atoms with E-state index in [0.717, 1.165) is 37.8 Å². The van der Waals surface area contributed by atoms with Crippen LogP contribution < -0.4 is 15.5 Å². The quantitative estimate of drug-likeness (QED) is 0.341. The molecule has 0 bridgehead atoms. The van der Waals surface area contributed by atoms with E-state index in [4.69, 9.17) is 4.74 Å². The maximum absolute atomic E-state index is 13.6. The first-order valence-corrected chi connectivity index (χ1v) is 10.1. The van der Waals surface area contributed by atoms with Gasteiger partial charge in [0.2, 0.25) is 0 Å². The van der Waals surface area contributed by atoms with E-state index in [0.29, 0.717) is 13.1 Å². The molecule has 30 heavy (non-hydrogen) atoms. The summed E-state index contributed by atoms with van der Waals surface area (Å²) < 4.78 is 19.0. The Balaban J connectivity index is 0.00000320. The third-order valence-electron chi connectivity index (χ3n) is 5.30. The Morgan fingerprint density at radius 3 is 2.43 bits per heavy atom. The molecule has 1 fully saturated rings. The van der Waals surface area contributed by atoms with E-state index < -0.39 is 0 Å². The second-order valence-electron chi connectivity index (χ2n) is 7.94. The maximum atomic E-state index is 13.6. The highest BCUT2D eigenvalue weighted by atomic mass is 127. The molecule has 2 aromatic carbocycles. The van der Waals surface area contributed by atoms with Gasteiger partial charge in [0, 0.05) is 44.3 Å². The van der Waals surface area contributed by atoms with Crippen LogP contribution >= 0.6 is 24.0 Å². The summed E-state index contributed by atoms with van der Waals surface area (Å²) >= 11 is 0. The fraction of sp³-hybridized carbons (Fsp3) is 0.435. The lowest BCUT2D eigenvalue weighted by Crippen LogP contribution is -2.43. The summed E-state index contributed by atoms with van der Waals surface area (Å²) in [5.74, 6) is 0.519. The van der Waals surface area contributed by atoms with E-state index in [9.17, 15) is 4.39 Å². The fourth-order valence-electron chi connectivity index (χ4n) is 3.37. The zero-order valence-corrected chi connectivity index (χ0v) is 20.3. The van der Waals surface area contributed by atoms with Crippen molar-refractivity contribution in [2.24, 2.45) is 4.99 Å². The van der Waals surface area contributed by atoms with Crippen LogP contribution in [0, 0.1) is 5.82 Å². The number of anilines is 1. The van der Waals surface area contributed by atoms with Crippen LogP contribution in [-0.2, 0) is 16.7 Å². The van der Waals surface area contributed by atoms with Crippen LogP contribution in [0.15, 0.2) is 53.5 Å². The smallest absolute Gasteiger partial charge is 0.191 e. The van der Waals surface area contributed by atoms with Gasteiger partial charge in [0.25, 0.3) is 0 Å². The summed E-state index contributed by atoms with van der Waals surface area (Å²) in [6, 6.07) is 15.4. The Morgan fingerprint density at radius 2 is 1.80 bits per heavy atom. The summed E-state index contributed by atoms with van der Waals surface area (Å²) in [6.45, 7) is 8.97. The number of rotatable bonds is 6. The van der Waals surface area contributed by atoms with Gasteiger partial charge in [-0.25, -0.2) is 4.39 Å². The molecule has 1 aliphatic heterocycles. The number of benzene rings is 2. The van der Waals surface area contributed by atoms with Crippen molar-refractivity contribution < 1.29 is 9.13 Å². The van der Waals surface area contributed by atoms with Crippen LogP contribution in [0.4, 0.5) is 10.1 Å². The molecule has 7 heteroatoms. The van der Waals surface area contributed by atoms with E-state index in [2.05, 4.69) is 58.6 Å². The summed E-state index contributed by atoms with van der Waals surface area (Å²) in [5.41, 5.74) is 3.16. The summed E-state index contributed by atoms with van der Waals surface area (Å²) in [4.78, 5) is 6.65. The molecular formula is C23H32FIN4O. The van der Waals surface area contributed by atoms with Crippen LogP contribution in [0.25, 0.3) is 0 Å². The minimum Gasteiger partial charge on any atom is -0.378 e. The van der Waals surface area contributed by atoms with Crippen molar-refractivity contribution in [3.63, 3.8) is 0 Å². The van der Waals surface area contributed by atoms with E-state index >= 15 is 0 Å². The van der Waals surface area contributed by atoms with Crippen LogP contribution in [0.3, 0.4) is 0 Å². The molecule has 3 rings (SSSR count). The SMILES string of the molecule is CN=C(NCc1ccc(N2CCOCC2)cc1)NCC(C)(C)c1cccc(F)c1.I. The van der Waals surface area contributed by atoms with E-state index in [-0.39, 0.29) is 35.2 Å². The van der Waals surface area contributed by atoms with Crippen molar-refractivity contribution >= 4 is 35.6 Å². The minimum atomic E-state index is -0.223. The zero-order chi connectivity index (χ0) is 20.7. The molecule has 0 aromatic heterocycles. The predicted octanol–water partition coefficient (Wildman–Crippen LogP) is 3.92. The average Bonchev–Trinajstić information content (AvgIpc) is 2.75. The molecule has 0 radical (unpaired) electrons. The lowest BCUT2D eigenvalue weighted by molar-refractivity contribution is 0.122. The number of halogens is 2. The van der Waals surface area contributed by atoms with Gasteiger partial charge in [-0.1, -0.05) is 38.1 Å². The molecule has 2 aromatic rings. The fourth-order valence-corrected chi connectivity index (χ4v) is 3.37. The number of nitrogens with zero attached hydrogens (tertiary/aromatic N) is 2. The van der Waals surface area contributed by atoms with Crippen LogP contribution in [0.5, 0.6) is 0 Å². The van der Waals surface area contributed by atoms with Gasteiger partial charge in [0.05, 0.1) is 13.2 Å². The highest BCUT2D eigenvalue weighted by Crippen LogP contribution is 2.22. The van der Waals surface area contributed by atoms with Crippen molar-refractivity contribution in [2.45, 2.75) is 25.8 Å². The van der Waals surface area contributed by atoms with Crippen molar-refractivity contribution in [1.82, 2.24) is 10.6 Å². The topological polar surface area (TPSA) is 48.9 Å². The van der Waals surface area contributed by atoms with Gasteiger partial charge in [0.1, 0.15) is 5.82 Å². The third kappa shape index (κ3) is 6.84. The number of aliphatic imine (C=N–C) groups is 1. The number of hydrogen-bond acceptors (Lipinski definition) is 3. The summed E-state index contributed by atoms with van der Waals surface area (Å²) in [7, 11) is 1.76. The van der Waals surface area contributed by atoms with Gasteiger partial charge in [-0.15, -0.1) is 24.0 Å². The maximum Gasteiger partial charge on any atom is 0.191 e. The average molecular weight is 526 g/mol. The van der Waals surface area contributed by atoms with Gasteiger partial charge in [0.15, 0.2) is 5.96 Å². The number of morpholine rings is 1. The molecule has 0 unspecified atom stereocenters. The zero-order valence-electron chi connectivity index (χ0n) is 18.0. The van der Waals surface area contributed by atoms with Gasteiger partial charge in [-0.05, 0) is 35.4 Å². The largest absolute Gasteiger partial charge is 0.378 e. The number of hydrogen-bond donors (Lipinski definition) is 2. The molecule has 1 aliphatic rings. The van der Waals surface area contributed by atoms with Crippen molar-refractivity contribution in [1.29, 1.82) is 0 Å². The van der Waals surface area contributed by atoms with Crippen LogP contribution in [-0.4, -0.2) is 45.9 Å². The monoisotopic (exact) mass is 526 g/mol. The molecule has 5 nitrogen and oxygen atoms in total. The van der Waals surface area contributed by atoms with E-state index in [1.807, 2.05) is 6.07 Å². The Kier molecular flexibility index (Phi) is 9.36. The molecule has 1 heterocycles. The normalized spacial score (nSPS) is 14.8. The number of nitrogens with one attached hydrogen (secondary N) is 2. The van der Waals surface area contributed by atoms with Crippen LogP contribution in [0.2, 0.25) is 0 Å². The lowest BCUT2D eigenvalue weighted by Gasteiger charge is -2.29. The Morgan fingerprint density at radius 1 is 1.10 bits per heavy atom. The molecule has 0 amide bonds. The first kappa shape index (κ1) is 24.4. The van der Waals surface area contributed by atoms with Crippen molar-refractivity contribution in [3.8, 4) is 0 Å². The summed E-state index contributed by atoms with van der Waals surface area (Å²) in [6.07, 6.45) is 0. The molecule has 0 atom stereocenters. The molecule has 0 aliphatic carbocycles. The lowest BCUT2D eigenvalue weighted by atomic mass is 9.84. The highest BCUT2D eigenvalue weighted by Gasteiger charge is 2.21. The molecule has 2 N–H and O–H groups in total. The second kappa shape index (κ2) is 11.5. The minimum absolute atomic E-state index is 0.